The molecule has 2 aliphatic heterocycles. The number of carboxylic acid groups (broad SMARTS) is 1. The summed E-state index contributed by atoms with van der Waals surface area (Å²) in [6.07, 6.45) is 4.79. The van der Waals surface area contributed by atoms with Crippen LogP contribution in [0.1, 0.15) is 52.7 Å². The number of ether oxygens (including phenoxy) is 1. The van der Waals surface area contributed by atoms with Gasteiger partial charge in [0.2, 0.25) is 5.91 Å². The van der Waals surface area contributed by atoms with E-state index in [9.17, 15) is 19.8 Å². The van der Waals surface area contributed by atoms with Gasteiger partial charge >= 0.3 is 5.97 Å². The average molecular weight is 326 g/mol. The van der Waals surface area contributed by atoms with Crippen LogP contribution < -0.4 is 0 Å². The van der Waals surface area contributed by atoms with Gasteiger partial charge in [0.25, 0.3) is 0 Å². The fourth-order valence-corrected chi connectivity index (χ4v) is 4.94. The monoisotopic (exact) mass is 326 g/mol. The minimum absolute atomic E-state index is 0.175. The lowest BCUT2D eigenvalue weighted by Crippen LogP contribution is -2.63. The second-order valence-corrected chi connectivity index (χ2v) is 6.93. The number of nitrogens with zero attached hydrogens (tertiary/aromatic N) is 1. The quantitative estimate of drug-likeness (QED) is 0.816. The van der Waals surface area contributed by atoms with E-state index < -0.39 is 36.0 Å². The number of carbonyl (C=O) groups is 2. The average Bonchev–Trinajstić information content (AvgIpc) is 3.22. The van der Waals surface area contributed by atoms with Crippen LogP contribution in [-0.4, -0.2) is 58.4 Å². The number of hydrogen-bond donors (Lipinski definition) is 2. The molecule has 3 atom stereocenters. The van der Waals surface area contributed by atoms with Gasteiger partial charge < -0.3 is 19.8 Å². The highest BCUT2D eigenvalue weighted by Crippen LogP contribution is 2.50. The summed E-state index contributed by atoms with van der Waals surface area (Å²) in [5.74, 6) is -2.32. The molecule has 0 spiro atoms. The minimum atomic E-state index is -1.42. The van der Waals surface area contributed by atoms with Crippen molar-refractivity contribution in [2.75, 3.05) is 19.8 Å². The van der Waals surface area contributed by atoms with Crippen molar-refractivity contribution in [3.05, 3.63) is 0 Å². The molecule has 6 heteroatoms. The maximum Gasteiger partial charge on any atom is 0.330 e. The Morgan fingerprint density at radius 1 is 1.17 bits per heavy atom. The fraction of sp³-hybridized carbons (Fsp3) is 0.882. The van der Waals surface area contributed by atoms with E-state index in [0.717, 1.165) is 38.5 Å². The van der Waals surface area contributed by atoms with Crippen LogP contribution in [0, 0.1) is 11.8 Å². The van der Waals surface area contributed by atoms with Crippen LogP contribution in [0.25, 0.3) is 0 Å². The predicted octanol–water partition coefficient (Wildman–Crippen LogP) is 1.41. The Balaban J connectivity index is 2.06. The van der Waals surface area contributed by atoms with Crippen molar-refractivity contribution >= 4 is 11.9 Å². The third-order valence-corrected chi connectivity index (χ3v) is 5.87. The highest BCUT2D eigenvalue weighted by atomic mass is 16.5. The molecule has 1 amide bonds. The molecule has 1 aliphatic carbocycles. The molecule has 130 valence electrons. The molecule has 0 aromatic heterocycles. The van der Waals surface area contributed by atoms with Crippen LogP contribution in [0.5, 0.6) is 0 Å². The normalized spacial score (nSPS) is 39.4. The molecule has 0 bridgehead atoms. The molecule has 3 fully saturated rings. The van der Waals surface area contributed by atoms with Crippen molar-refractivity contribution in [1.29, 1.82) is 0 Å². The molecule has 1 saturated carbocycles. The van der Waals surface area contributed by atoms with E-state index in [0.29, 0.717) is 19.4 Å². The highest BCUT2D eigenvalue weighted by Gasteiger charge is 2.62. The van der Waals surface area contributed by atoms with Gasteiger partial charge in [0.15, 0.2) is 0 Å². The van der Waals surface area contributed by atoms with Gasteiger partial charge in [-0.15, -0.1) is 0 Å². The van der Waals surface area contributed by atoms with Crippen LogP contribution in [0.3, 0.4) is 0 Å². The summed E-state index contributed by atoms with van der Waals surface area (Å²) >= 11 is 0. The van der Waals surface area contributed by atoms with Crippen LogP contribution in [0.2, 0.25) is 0 Å². The standard InChI is InChI=1S/C17H27NO5/c19-11-15(20)18-9-8-13(14-7-3-4-10-23-14)17(18,16(21)22)12-5-1-2-6-12/h12-14,19H,1-11H2,(H,21,22)/t13?,14?,17-/m0/s1/i14D. The van der Waals surface area contributed by atoms with Gasteiger partial charge in [0, 0.05) is 19.1 Å². The van der Waals surface area contributed by atoms with Gasteiger partial charge in [-0.05, 0) is 44.4 Å². The molecule has 3 aliphatic rings. The van der Waals surface area contributed by atoms with Gasteiger partial charge in [-0.1, -0.05) is 12.8 Å². The summed E-state index contributed by atoms with van der Waals surface area (Å²) in [6.45, 7) is 0.0471. The second kappa shape index (κ2) is 6.77. The first-order valence-corrected chi connectivity index (χ1v) is 8.75. The number of aliphatic hydroxyl groups is 1. The van der Waals surface area contributed by atoms with Crippen LogP contribution >= 0.6 is 0 Å². The number of carbonyl (C=O) groups excluding carboxylic acids is 1. The Morgan fingerprint density at radius 3 is 2.43 bits per heavy atom. The molecule has 0 radical (unpaired) electrons. The molecule has 2 N–H and O–H groups in total. The largest absolute Gasteiger partial charge is 0.479 e. The molecule has 23 heavy (non-hydrogen) atoms. The van der Waals surface area contributed by atoms with E-state index in [4.69, 9.17) is 6.11 Å². The van der Waals surface area contributed by atoms with E-state index in [1.54, 1.807) is 0 Å². The topological polar surface area (TPSA) is 87.1 Å². The molecule has 2 unspecified atom stereocenters. The Bertz CT molecular complexity index is 501. The summed E-state index contributed by atoms with van der Waals surface area (Å²) in [4.78, 5) is 26.2. The van der Waals surface area contributed by atoms with Gasteiger partial charge in [0.1, 0.15) is 12.1 Å². The molecular formula is C17H27NO5. The molecule has 3 rings (SSSR count). The number of aliphatic carboxylic acids is 1. The van der Waals surface area contributed by atoms with Gasteiger partial charge in [-0.3, -0.25) is 4.79 Å². The van der Waals surface area contributed by atoms with Crippen LogP contribution in [0.15, 0.2) is 0 Å². The number of likely N-dealkylation sites (tertiary alicyclic amines) is 1. The Kier molecular flexibility index (Phi) is 4.53. The van der Waals surface area contributed by atoms with Crippen molar-refractivity contribution in [1.82, 2.24) is 4.90 Å². The Labute approximate surface area is 138 Å². The summed E-state index contributed by atoms with van der Waals surface area (Å²) in [7, 11) is 0. The van der Waals surface area contributed by atoms with Crippen molar-refractivity contribution in [2.45, 2.75) is 63.0 Å². The van der Waals surface area contributed by atoms with Gasteiger partial charge in [-0.25, -0.2) is 4.79 Å². The van der Waals surface area contributed by atoms with Crippen molar-refractivity contribution in [3.8, 4) is 0 Å². The van der Waals surface area contributed by atoms with Gasteiger partial charge in [0.05, 0.1) is 7.45 Å². The van der Waals surface area contributed by atoms with Gasteiger partial charge in [-0.2, -0.15) is 0 Å². The summed E-state index contributed by atoms with van der Waals surface area (Å²) < 4.78 is 14.6. The lowest BCUT2D eigenvalue weighted by molar-refractivity contribution is -0.170. The molecule has 0 aromatic carbocycles. The zero-order valence-corrected chi connectivity index (χ0v) is 13.5. The number of hydrogen-bond acceptors (Lipinski definition) is 4. The smallest absolute Gasteiger partial charge is 0.330 e. The summed E-state index contributed by atoms with van der Waals surface area (Å²) in [6, 6.07) is 0. The Morgan fingerprint density at radius 2 is 1.87 bits per heavy atom. The number of amides is 1. The first-order chi connectivity index (χ1) is 11.5. The molecular weight excluding hydrogens is 298 g/mol. The lowest BCUT2D eigenvalue weighted by Gasteiger charge is -2.45. The minimum Gasteiger partial charge on any atom is -0.479 e. The predicted molar refractivity (Wildman–Crippen MR) is 82.8 cm³/mol. The fourth-order valence-electron chi connectivity index (χ4n) is 4.94. The first-order valence-electron chi connectivity index (χ1n) is 9.25. The molecule has 2 saturated heterocycles. The van der Waals surface area contributed by atoms with E-state index in [2.05, 4.69) is 0 Å². The van der Waals surface area contributed by atoms with Crippen LogP contribution in [-0.2, 0) is 14.3 Å². The Hall–Kier alpha value is -1.14. The number of aliphatic hydroxyl groups excluding tert-OH is 1. The number of rotatable bonds is 4. The third-order valence-electron chi connectivity index (χ3n) is 5.87. The van der Waals surface area contributed by atoms with E-state index in [1.807, 2.05) is 0 Å². The summed E-state index contributed by atoms with van der Waals surface area (Å²) in [5.41, 5.74) is -1.42. The molecule has 0 aromatic rings. The second-order valence-electron chi connectivity index (χ2n) is 6.93. The zero-order chi connectivity index (χ0) is 17.4. The van der Waals surface area contributed by atoms with E-state index in [-0.39, 0.29) is 12.5 Å². The SMILES string of the molecule is [2H]C1(C2CCN(C(=O)CO)[C@@]2(C(=O)O)C2CCCC2)CCCCO1. The van der Waals surface area contributed by atoms with Crippen LogP contribution in [0.4, 0.5) is 0 Å². The van der Waals surface area contributed by atoms with Crippen molar-refractivity contribution < 1.29 is 25.9 Å². The highest BCUT2D eigenvalue weighted by molar-refractivity contribution is 5.89. The maximum absolute atomic E-state index is 12.5. The van der Waals surface area contributed by atoms with E-state index in [1.165, 1.54) is 4.90 Å². The van der Waals surface area contributed by atoms with Crippen molar-refractivity contribution in [2.24, 2.45) is 11.8 Å². The van der Waals surface area contributed by atoms with E-state index >= 15 is 0 Å². The maximum atomic E-state index is 12.5. The first kappa shape index (κ1) is 15.4. The third kappa shape index (κ3) is 2.66. The molecule has 2 heterocycles. The number of carboxylic acids is 1. The zero-order valence-electron chi connectivity index (χ0n) is 14.5. The summed E-state index contributed by atoms with van der Waals surface area (Å²) in [5, 5.41) is 19.6. The van der Waals surface area contributed by atoms with Crippen molar-refractivity contribution in [3.63, 3.8) is 0 Å². The lowest BCUT2D eigenvalue weighted by atomic mass is 9.70. The molecule has 6 nitrogen and oxygen atoms in total.